The van der Waals surface area contributed by atoms with E-state index in [0.717, 1.165) is 0 Å². The third-order valence-electron chi connectivity index (χ3n) is 3.75. The van der Waals surface area contributed by atoms with E-state index in [1.54, 1.807) is 18.4 Å². The number of amides is 1. The number of aryl methyl sites for hydroxylation is 1. The van der Waals surface area contributed by atoms with Gasteiger partial charge in [-0.3, -0.25) is 10.1 Å². The SMILES string of the molecule is COC(C)CN1C(=O)C(C(C)C)NC1c1ccc(C)s1. The van der Waals surface area contributed by atoms with Crippen LogP contribution in [0.2, 0.25) is 0 Å². The Hall–Kier alpha value is -0.910. The molecule has 0 spiro atoms. The lowest BCUT2D eigenvalue weighted by atomic mass is 10.1. The number of carbonyl (C=O) groups is 1. The van der Waals surface area contributed by atoms with Crippen LogP contribution < -0.4 is 5.32 Å². The summed E-state index contributed by atoms with van der Waals surface area (Å²) in [6, 6.07) is 4.11. The first-order valence-electron chi connectivity index (χ1n) is 7.09. The van der Waals surface area contributed by atoms with Gasteiger partial charge < -0.3 is 9.64 Å². The van der Waals surface area contributed by atoms with Gasteiger partial charge in [-0.15, -0.1) is 11.3 Å². The average molecular weight is 296 g/mol. The molecule has 2 rings (SSSR count). The van der Waals surface area contributed by atoms with Crippen LogP contribution in [0, 0.1) is 12.8 Å². The van der Waals surface area contributed by atoms with E-state index in [2.05, 4.69) is 38.2 Å². The first-order valence-corrected chi connectivity index (χ1v) is 7.91. The molecule has 20 heavy (non-hydrogen) atoms. The molecule has 112 valence electrons. The summed E-state index contributed by atoms with van der Waals surface area (Å²) in [6.07, 6.45) is 0.0152. The van der Waals surface area contributed by atoms with Crippen LogP contribution in [0.25, 0.3) is 0 Å². The minimum absolute atomic E-state index is 0.0220. The molecule has 1 aliphatic rings. The highest BCUT2D eigenvalue weighted by Gasteiger charge is 2.41. The summed E-state index contributed by atoms with van der Waals surface area (Å²) < 4.78 is 5.33. The van der Waals surface area contributed by atoms with Gasteiger partial charge in [0.2, 0.25) is 5.91 Å². The number of nitrogens with zero attached hydrogens (tertiary/aromatic N) is 1. The maximum absolute atomic E-state index is 12.6. The van der Waals surface area contributed by atoms with Crippen LogP contribution >= 0.6 is 11.3 Å². The minimum atomic E-state index is -0.105. The molecular formula is C15H24N2O2S. The molecule has 0 aromatic carbocycles. The monoisotopic (exact) mass is 296 g/mol. The number of nitrogens with one attached hydrogen (secondary N) is 1. The van der Waals surface area contributed by atoms with E-state index in [9.17, 15) is 4.79 Å². The lowest BCUT2D eigenvalue weighted by Gasteiger charge is -2.25. The Labute approximate surface area is 125 Å². The zero-order chi connectivity index (χ0) is 14.9. The quantitative estimate of drug-likeness (QED) is 0.908. The largest absolute Gasteiger partial charge is 0.380 e. The van der Waals surface area contributed by atoms with Gasteiger partial charge >= 0.3 is 0 Å². The van der Waals surface area contributed by atoms with Gasteiger partial charge in [0.05, 0.1) is 12.1 Å². The van der Waals surface area contributed by atoms with Crippen molar-refractivity contribution in [1.29, 1.82) is 0 Å². The molecule has 1 saturated heterocycles. The smallest absolute Gasteiger partial charge is 0.241 e. The van der Waals surface area contributed by atoms with Crippen molar-refractivity contribution in [2.24, 2.45) is 5.92 Å². The Balaban J connectivity index is 2.24. The molecule has 1 fully saturated rings. The first kappa shape index (κ1) is 15.5. The van der Waals surface area contributed by atoms with E-state index < -0.39 is 0 Å². The Morgan fingerprint density at radius 1 is 1.40 bits per heavy atom. The standard InChI is InChI=1S/C15H24N2O2S/c1-9(2)13-15(18)17(8-10(3)19-5)14(16-13)12-7-6-11(4)20-12/h6-7,9-10,13-14,16H,8H2,1-5H3. The molecule has 1 aromatic heterocycles. The van der Waals surface area contributed by atoms with Gasteiger partial charge in [-0.2, -0.15) is 0 Å². The van der Waals surface area contributed by atoms with Gasteiger partial charge in [0.25, 0.3) is 0 Å². The van der Waals surface area contributed by atoms with Crippen LogP contribution in [0.3, 0.4) is 0 Å². The topological polar surface area (TPSA) is 41.6 Å². The van der Waals surface area contributed by atoms with Crippen molar-refractivity contribution >= 4 is 17.2 Å². The summed E-state index contributed by atoms with van der Waals surface area (Å²) in [5.41, 5.74) is 0. The van der Waals surface area contributed by atoms with Crippen LogP contribution in [-0.2, 0) is 9.53 Å². The fourth-order valence-electron chi connectivity index (χ4n) is 2.50. The van der Waals surface area contributed by atoms with Crippen LogP contribution in [0.4, 0.5) is 0 Å². The van der Waals surface area contributed by atoms with E-state index in [1.165, 1.54) is 9.75 Å². The van der Waals surface area contributed by atoms with Crippen molar-refractivity contribution in [2.45, 2.75) is 46.0 Å². The molecule has 1 aliphatic heterocycles. The number of ether oxygens (including phenoxy) is 1. The van der Waals surface area contributed by atoms with Gasteiger partial charge in [-0.1, -0.05) is 13.8 Å². The highest BCUT2D eigenvalue weighted by Crippen LogP contribution is 2.32. The van der Waals surface area contributed by atoms with Crippen LogP contribution in [0.15, 0.2) is 12.1 Å². The molecule has 3 atom stereocenters. The van der Waals surface area contributed by atoms with E-state index in [4.69, 9.17) is 4.74 Å². The van der Waals surface area contributed by atoms with Crippen LogP contribution in [0.1, 0.15) is 36.7 Å². The zero-order valence-corrected chi connectivity index (χ0v) is 13.7. The molecular weight excluding hydrogens is 272 g/mol. The third-order valence-corrected chi connectivity index (χ3v) is 4.80. The second-order valence-corrected chi connectivity index (χ2v) is 7.10. The summed E-state index contributed by atoms with van der Waals surface area (Å²) in [6.45, 7) is 8.86. The van der Waals surface area contributed by atoms with Crippen molar-refractivity contribution < 1.29 is 9.53 Å². The highest BCUT2D eigenvalue weighted by atomic mass is 32.1. The van der Waals surface area contributed by atoms with Crippen LogP contribution in [0.5, 0.6) is 0 Å². The van der Waals surface area contributed by atoms with Crippen molar-refractivity contribution in [2.75, 3.05) is 13.7 Å². The predicted octanol–water partition coefficient (Wildman–Crippen LogP) is 2.55. The van der Waals surface area contributed by atoms with E-state index in [-0.39, 0.29) is 30.1 Å². The van der Waals surface area contributed by atoms with Crippen molar-refractivity contribution in [3.8, 4) is 0 Å². The lowest BCUT2D eigenvalue weighted by Crippen LogP contribution is -2.38. The number of hydrogen-bond acceptors (Lipinski definition) is 4. The number of carbonyl (C=O) groups excluding carboxylic acids is 1. The maximum Gasteiger partial charge on any atom is 0.241 e. The second kappa shape index (κ2) is 6.24. The zero-order valence-electron chi connectivity index (χ0n) is 12.8. The minimum Gasteiger partial charge on any atom is -0.380 e. The molecule has 1 N–H and O–H groups in total. The lowest BCUT2D eigenvalue weighted by molar-refractivity contribution is -0.132. The summed E-state index contributed by atoms with van der Waals surface area (Å²) >= 11 is 1.74. The Morgan fingerprint density at radius 3 is 2.60 bits per heavy atom. The molecule has 2 heterocycles. The molecule has 0 radical (unpaired) electrons. The fourth-order valence-corrected chi connectivity index (χ4v) is 3.45. The fraction of sp³-hybridized carbons (Fsp3) is 0.667. The third kappa shape index (κ3) is 3.05. The van der Waals surface area contributed by atoms with Crippen molar-refractivity contribution in [3.63, 3.8) is 0 Å². The molecule has 3 unspecified atom stereocenters. The molecule has 5 heteroatoms. The summed E-state index contributed by atoms with van der Waals surface area (Å²) in [5.74, 6) is 0.467. The van der Waals surface area contributed by atoms with Gasteiger partial charge in [-0.25, -0.2) is 0 Å². The summed E-state index contributed by atoms with van der Waals surface area (Å²) in [7, 11) is 1.68. The highest BCUT2D eigenvalue weighted by molar-refractivity contribution is 7.12. The summed E-state index contributed by atoms with van der Waals surface area (Å²) in [4.78, 5) is 17.0. The average Bonchev–Trinajstić information content (AvgIpc) is 2.95. The molecule has 4 nitrogen and oxygen atoms in total. The molecule has 0 saturated carbocycles. The van der Waals surface area contributed by atoms with Gasteiger partial charge in [0.1, 0.15) is 6.17 Å². The second-order valence-electron chi connectivity index (χ2n) is 5.78. The molecule has 0 bridgehead atoms. The van der Waals surface area contributed by atoms with Gasteiger partial charge in [0, 0.05) is 23.4 Å². The van der Waals surface area contributed by atoms with Gasteiger partial charge in [-0.05, 0) is 31.9 Å². The van der Waals surface area contributed by atoms with E-state index in [0.29, 0.717) is 6.54 Å². The molecule has 1 amide bonds. The maximum atomic E-state index is 12.6. The normalized spacial score (nSPS) is 24.7. The van der Waals surface area contributed by atoms with Crippen molar-refractivity contribution in [1.82, 2.24) is 10.2 Å². The van der Waals surface area contributed by atoms with Crippen molar-refractivity contribution in [3.05, 3.63) is 21.9 Å². The number of methoxy groups -OCH3 is 1. The Morgan fingerprint density at radius 2 is 2.10 bits per heavy atom. The molecule has 0 aliphatic carbocycles. The van der Waals surface area contributed by atoms with Crippen LogP contribution in [-0.4, -0.2) is 36.6 Å². The number of rotatable bonds is 5. The summed E-state index contributed by atoms with van der Waals surface area (Å²) in [5, 5.41) is 3.48. The first-order chi connectivity index (χ1) is 9.43. The van der Waals surface area contributed by atoms with E-state index in [1.807, 2.05) is 11.8 Å². The number of hydrogen-bond donors (Lipinski definition) is 1. The van der Waals surface area contributed by atoms with Gasteiger partial charge in [0.15, 0.2) is 0 Å². The number of thiophene rings is 1. The Kier molecular flexibility index (Phi) is 4.83. The Bertz CT molecular complexity index is 472. The predicted molar refractivity (Wildman–Crippen MR) is 81.7 cm³/mol. The molecule has 1 aromatic rings. The van der Waals surface area contributed by atoms with E-state index >= 15 is 0 Å².